The Bertz CT molecular complexity index is 190. The molecule has 0 spiro atoms. The molecule has 4 heteroatoms. The van der Waals surface area contributed by atoms with Crippen LogP contribution in [0.25, 0.3) is 0 Å². The molecule has 0 saturated heterocycles. The molecule has 1 saturated carbocycles. The lowest BCUT2D eigenvalue weighted by Crippen LogP contribution is -2.36. The van der Waals surface area contributed by atoms with E-state index in [1.54, 1.807) is 0 Å². The predicted molar refractivity (Wildman–Crippen MR) is 62.1 cm³/mol. The number of amidine groups is 1. The fraction of sp³-hybridized carbons (Fsp3) is 0.909. The number of nitrogens with zero attached hydrogens (tertiary/aromatic N) is 1. The Morgan fingerprint density at radius 3 is 2.53 bits per heavy atom. The van der Waals surface area contributed by atoms with Crippen molar-refractivity contribution in [3.63, 3.8) is 0 Å². The van der Waals surface area contributed by atoms with Crippen LogP contribution in [0.15, 0.2) is 0 Å². The van der Waals surface area contributed by atoms with E-state index >= 15 is 0 Å². The minimum absolute atomic E-state index is 0.233. The van der Waals surface area contributed by atoms with Crippen molar-refractivity contribution in [3.05, 3.63) is 0 Å². The highest BCUT2D eigenvalue weighted by atomic mass is 16.3. The Morgan fingerprint density at radius 1 is 1.33 bits per heavy atom. The Morgan fingerprint density at radius 2 is 2.00 bits per heavy atom. The Labute approximate surface area is 92.0 Å². The molecule has 0 radical (unpaired) electrons. The largest absolute Gasteiger partial charge is 0.395 e. The zero-order chi connectivity index (χ0) is 11.1. The standard InChI is InChI=1S/C11H23N3O/c12-11(13)6-3-7-14(8-9-15)10-4-1-2-5-10/h10,15H,1-9H2,(H3,12,13). The first-order valence-electron chi connectivity index (χ1n) is 5.92. The van der Waals surface area contributed by atoms with Crippen molar-refractivity contribution in [1.82, 2.24) is 4.90 Å². The van der Waals surface area contributed by atoms with E-state index in [1.165, 1.54) is 25.7 Å². The quantitative estimate of drug-likeness (QED) is 0.435. The summed E-state index contributed by atoms with van der Waals surface area (Å²) in [5.74, 6) is 0.269. The number of rotatable bonds is 7. The first-order chi connectivity index (χ1) is 7.24. The summed E-state index contributed by atoms with van der Waals surface area (Å²) in [6.07, 6.45) is 6.78. The second-order valence-corrected chi connectivity index (χ2v) is 4.33. The third-order valence-corrected chi connectivity index (χ3v) is 3.12. The minimum atomic E-state index is 0.233. The summed E-state index contributed by atoms with van der Waals surface area (Å²) < 4.78 is 0. The van der Waals surface area contributed by atoms with Crippen LogP contribution in [0.2, 0.25) is 0 Å². The van der Waals surface area contributed by atoms with E-state index in [0.29, 0.717) is 12.5 Å². The molecule has 1 aliphatic carbocycles. The van der Waals surface area contributed by atoms with Crippen molar-refractivity contribution in [2.75, 3.05) is 19.7 Å². The lowest BCUT2D eigenvalue weighted by Gasteiger charge is -2.27. The van der Waals surface area contributed by atoms with Crippen LogP contribution in [0.3, 0.4) is 0 Å². The second-order valence-electron chi connectivity index (χ2n) is 4.33. The predicted octanol–water partition coefficient (Wildman–Crippen LogP) is 0.939. The molecule has 4 N–H and O–H groups in total. The van der Waals surface area contributed by atoms with Crippen LogP contribution in [0, 0.1) is 5.41 Å². The Balaban J connectivity index is 2.26. The molecule has 0 bridgehead atoms. The van der Waals surface area contributed by atoms with Gasteiger partial charge in [-0.25, -0.2) is 0 Å². The molecular formula is C11H23N3O. The highest BCUT2D eigenvalue weighted by Gasteiger charge is 2.21. The van der Waals surface area contributed by atoms with Crippen molar-refractivity contribution in [2.45, 2.75) is 44.6 Å². The molecule has 4 nitrogen and oxygen atoms in total. The van der Waals surface area contributed by atoms with Gasteiger partial charge in [-0.3, -0.25) is 10.3 Å². The van der Waals surface area contributed by atoms with Crippen LogP contribution in [-0.2, 0) is 0 Å². The molecule has 15 heavy (non-hydrogen) atoms. The third kappa shape index (κ3) is 4.62. The molecular weight excluding hydrogens is 190 g/mol. The van der Waals surface area contributed by atoms with Crippen molar-refractivity contribution in [1.29, 1.82) is 5.41 Å². The van der Waals surface area contributed by atoms with Crippen LogP contribution in [-0.4, -0.2) is 41.6 Å². The summed E-state index contributed by atoms with van der Waals surface area (Å²) in [7, 11) is 0. The van der Waals surface area contributed by atoms with Gasteiger partial charge >= 0.3 is 0 Å². The van der Waals surface area contributed by atoms with Crippen LogP contribution < -0.4 is 5.73 Å². The van der Waals surface area contributed by atoms with Crippen LogP contribution >= 0.6 is 0 Å². The molecule has 0 aromatic carbocycles. The summed E-state index contributed by atoms with van der Waals surface area (Å²) in [6, 6.07) is 0.657. The maximum Gasteiger partial charge on any atom is 0.0905 e. The first-order valence-corrected chi connectivity index (χ1v) is 5.92. The number of hydrogen-bond donors (Lipinski definition) is 3. The SMILES string of the molecule is N=C(N)CCCN(CCO)C1CCCC1. The molecule has 1 rings (SSSR count). The highest BCUT2D eigenvalue weighted by Crippen LogP contribution is 2.23. The molecule has 88 valence electrons. The van der Waals surface area contributed by atoms with Crippen LogP contribution in [0.5, 0.6) is 0 Å². The molecule has 0 aliphatic heterocycles. The molecule has 0 aromatic heterocycles. The van der Waals surface area contributed by atoms with Gasteiger partial charge in [0.05, 0.1) is 12.4 Å². The second kappa shape index (κ2) is 6.80. The fourth-order valence-electron chi connectivity index (χ4n) is 2.35. The van der Waals surface area contributed by atoms with Crippen LogP contribution in [0.4, 0.5) is 0 Å². The zero-order valence-electron chi connectivity index (χ0n) is 9.41. The van der Waals surface area contributed by atoms with Crippen molar-refractivity contribution < 1.29 is 5.11 Å². The summed E-state index contributed by atoms with van der Waals surface area (Å²) >= 11 is 0. The van der Waals surface area contributed by atoms with E-state index in [9.17, 15) is 0 Å². The molecule has 0 amide bonds. The van der Waals surface area contributed by atoms with Crippen LogP contribution in [0.1, 0.15) is 38.5 Å². The maximum absolute atomic E-state index is 9.00. The van der Waals surface area contributed by atoms with Gasteiger partial charge in [-0.1, -0.05) is 12.8 Å². The van der Waals surface area contributed by atoms with Crippen molar-refractivity contribution >= 4 is 5.84 Å². The van der Waals surface area contributed by atoms with Gasteiger partial charge in [-0.2, -0.15) is 0 Å². The number of aliphatic hydroxyl groups excluding tert-OH is 1. The Kier molecular flexibility index (Phi) is 5.65. The number of aliphatic hydroxyl groups is 1. The normalized spacial score (nSPS) is 17.5. The maximum atomic E-state index is 9.00. The lowest BCUT2D eigenvalue weighted by atomic mass is 10.2. The van der Waals surface area contributed by atoms with E-state index < -0.39 is 0 Å². The van der Waals surface area contributed by atoms with Crippen molar-refractivity contribution in [2.24, 2.45) is 5.73 Å². The van der Waals surface area contributed by atoms with Crippen molar-refractivity contribution in [3.8, 4) is 0 Å². The fourth-order valence-corrected chi connectivity index (χ4v) is 2.35. The summed E-state index contributed by atoms with van der Waals surface area (Å²) in [4.78, 5) is 2.36. The number of nitrogens with two attached hydrogens (primary N) is 1. The van der Waals surface area contributed by atoms with Gasteiger partial charge in [0.15, 0.2) is 0 Å². The van der Waals surface area contributed by atoms with E-state index in [2.05, 4.69) is 4.90 Å². The lowest BCUT2D eigenvalue weighted by molar-refractivity contribution is 0.151. The van der Waals surface area contributed by atoms with Gasteiger partial charge in [-0.15, -0.1) is 0 Å². The summed E-state index contributed by atoms with van der Waals surface area (Å²) in [5, 5.41) is 16.2. The van der Waals surface area contributed by atoms with E-state index in [0.717, 1.165) is 19.5 Å². The average molecular weight is 213 g/mol. The summed E-state index contributed by atoms with van der Waals surface area (Å²) in [5.41, 5.74) is 5.32. The molecule has 0 aromatic rings. The number of nitrogens with one attached hydrogen (secondary N) is 1. The van der Waals surface area contributed by atoms with Gasteiger partial charge in [-0.05, 0) is 25.8 Å². The Hall–Kier alpha value is -0.610. The monoisotopic (exact) mass is 213 g/mol. The third-order valence-electron chi connectivity index (χ3n) is 3.12. The zero-order valence-corrected chi connectivity index (χ0v) is 9.41. The molecule has 1 fully saturated rings. The smallest absolute Gasteiger partial charge is 0.0905 e. The van der Waals surface area contributed by atoms with E-state index in [1.807, 2.05) is 0 Å². The first kappa shape index (κ1) is 12.5. The van der Waals surface area contributed by atoms with Gasteiger partial charge in [0.1, 0.15) is 0 Å². The molecule has 0 unspecified atom stereocenters. The molecule has 0 heterocycles. The van der Waals surface area contributed by atoms with Gasteiger partial charge < -0.3 is 10.8 Å². The van der Waals surface area contributed by atoms with Gasteiger partial charge in [0.25, 0.3) is 0 Å². The highest BCUT2D eigenvalue weighted by molar-refractivity contribution is 5.76. The van der Waals surface area contributed by atoms with E-state index in [-0.39, 0.29) is 12.4 Å². The van der Waals surface area contributed by atoms with Gasteiger partial charge in [0, 0.05) is 19.0 Å². The van der Waals surface area contributed by atoms with E-state index in [4.69, 9.17) is 16.2 Å². The van der Waals surface area contributed by atoms with Gasteiger partial charge in [0.2, 0.25) is 0 Å². The number of hydrogen-bond acceptors (Lipinski definition) is 3. The summed E-state index contributed by atoms with van der Waals surface area (Å²) in [6.45, 7) is 1.96. The average Bonchev–Trinajstić information content (AvgIpc) is 2.68. The minimum Gasteiger partial charge on any atom is -0.395 e. The molecule has 1 aliphatic rings. The topological polar surface area (TPSA) is 73.3 Å². The molecule has 0 atom stereocenters.